The Kier molecular flexibility index (Phi) is 6.92. The Bertz CT molecular complexity index is 450. The molecule has 0 saturated carbocycles. The normalized spacial score (nSPS) is 29.1. The molecule has 0 aromatic heterocycles. The lowest BCUT2D eigenvalue weighted by molar-refractivity contribution is -0.321. The zero-order valence-electron chi connectivity index (χ0n) is 13.9. The monoisotopic (exact) mass is 310 g/mol. The quantitative estimate of drug-likeness (QED) is 0.298. The van der Waals surface area contributed by atoms with Crippen LogP contribution in [0.25, 0.3) is 0 Å². The van der Waals surface area contributed by atoms with E-state index in [0.29, 0.717) is 18.6 Å². The highest BCUT2D eigenvalue weighted by Gasteiger charge is 2.52. The third-order valence-corrected chi connectivity index (χ3v) is 3.77. The molecule has 0 N–H and O–H groups in total. The molecule has 0 radical (unpaired) electrons. The third-order valence-electron chi connectivity index (χ3n) is 3.77. The summed E-state index contributed by atoms with van der Waals surface area (Å²) in [6.07, 6.45) is 12.1. The minimum atomic E-state index is -1.25. The summed E-state index contributed by atoms with van der Waals surface area (Å²) in [5, 5.41) is 0. The van der Waals surface area contributed by atoms with E-state index in [-0.39, 0.29) is 0 Å². The number of rotatable bonds is 8. The minimum Gasteiger partial charge on any atom is -0.466 e. The standard InChI is InChI=1S/C17H26O5/c1-6-8-9-10-12-17(11-7-2)14(13-15(18)19-4)21-16(3,20-5)22-17/h2,13H,6,8-12H2,1,3-5H3/b14-13+. The van der Waals surface area contributed by atoms with Gasteiger partial charge < -0.3 is 18.9 Å². The van der Waals surface area contributed by atoms with Crippen molar-refractivity contribution in [3.05, 3.63) is 11.8 Å². The molecule has 0 aromatic carbocycles. The van der Waals surface area contributed by atoms with Crippen molar-refractivity contribution in [1.29, 1.82) is 0 Å². The van der Waals surface area contributed by atoms with E-state index >= 15 is 0 Å². The summed E-state index contributed by atoms with van der Waals surface area (Å²) in [6, 6.07) is 0. The molecule has 5 nitrogen and oxygen atoms in total. The van der Waals surface area contributed by atoms with Crippen LogP contribution in [0.1, 0.15) is 52.4 Å². The van der Waals surface area contributed by atoms with Crippen molar-refractivity contribution in [3.8, 4) is 12.3 Å². The van der Waals surface area contributed by atoms with E-state index in [9.17, 15) is 4.79 Å². The predicted octanol–water partition coefficient (Wildman–Crippen LogP) is 3.14. The molecular weight excluding hydrogens is 284 g/mol. The zero-order chi connectivity index (χ0) is 16.6. The summed E-state index contributed by atoms with van der Waals surface area (Å²) < 4.78 is 21.7. The van der Waals surface area contributed by atoms with Crippen molar-refractivity contribution >= 4 is 5.97 Å². The Morgan fingerprint density at radius 2 is 2.09 bits per heavy atom. The van der Waals surface area contributed by atoms with Crippen LogP contribution in [0.4, 0.5) is 0 Å². The van der Waals surface area contributed by atoms with Crippen molar-refractivity contribution in [2.24, 2.45) is 0 Å². The Hall–Kier alpha value is -1.51. The highest BCUT2D eigenvalue weighted by molar-refractivity contribution is 5.82. The molecule has 1 aliphatic heterocycles. The molecule has 1 heterocycles. The Morgan fingerprint density at radius 1 is 1.36 bits per heavy atom. The number of carbonyl (C=O) groups excluding carboxylic acids is 1. The fraction of sp³-hybridized carbons (Fsp3) is 0.706. The van der Waals surface area contributed by atoms with Gasteiger partial charge in [0.15, 0.2) is 0 Å². The summed E-state index contributed by atoms with van der Waals surface area (Å²) >= 11 is 0. The second-order valence-corrected chi connectivity index (χ2v) is 5.49. The van der Waals surface area contributed by atoms with Crippen LogP contribution in [0, 0.1) is 12.3 Å². The fourth-order valence-electron chi connectivity index (χ4n) is 2.52. The maximum atomic E-state index is 11.6. The highest BCUT2D eigenvalue weighted by atomic mass is 16.9. The van der Waals surface area contributed by atoms with Crippen molar-refractivity contribution in [3.63, 3.8) is 0 Å². The molecule has 0 amide bonds. The van der Waals surface area contributed by atoms with E-state index in [0.717, 1.165) is 25.7 Å². The predicted molar refractivity (Wildman–Crippen MR) is 82.6 cm³/mol. The van der Waals surface area contributed by atoms with Crippen LogP contribution in [0.3, 0.4) is 0 Å². The molecule has 0 bridgehead atoms. The van der Waals surface area contributed by atoms with Crippen LogP contribution < -0.4 is 0 Å². The lowest BCUT2D eigenvalue weighted by Gasteiger charge is -2.27. The molecule has 0 aromatic rings. The molecule has 1 saturated heterocycles. The maximum absolute atomic E-state index is 11.6. The van der Waals surface area contributed by atoms with E-state index in [1.165, 1.54) is 20.3 Å². The first-order valence-corrected chi connectivity index (χ1v) is 7.63. The van der Waals surface area contributed by atoms with Crippen LogP contribution in [-0.2, 0) is 23.7 Å². The molecule has 1 fully saturated rings. The topological polar surface area (TPSA) is 54.0 Å². The highest BCUT2D eigenvalue weighted by Crippen LogP contribution is 2.45. The number of ether oxygens (including phenoxy) is 4. The molecule has 0 aliphatic carbocycles. The Labute approximate surface area is 132 Å². The summed E-state index contributed by atoms with van der Waals surface area (Å²) in [7, 11) is 2.80. The van der Waals surface area contributed by atoms with Gasteiger partial charge in [-0.05, 0) is 6.42 Å². The van der Waals surface area contributed by atoms with Crippen molar-refractivity contribution in [1.82, 2.24) is 0 Å². The number of terminal acetylenes is 1. The summed E-state index contributed by atoms with van der Waals surface area (Å²) in [5.74, 6) is 1.24. The number of esters is 1. The van der Waals surface area contributed by atoms with E-state index in [1.807, 2.05) is 0 Å². The van der Waals surface area contributed by atoms with E-state index in [4.69, 9.17) is 20.6 Å². The fourth-order valence-corrected chi connectivity index (χ4v) is 2.52. The van der Waals surface area contributed by atoms with Gasteiger partial charge in [-0.15, -0.1) is 12.3 Å². The van der Waals surface area contributed by atoms with E-state index < -0.39 is 17.5 Å². The van der Waals surface area contributed by atoms with Gasteiger partial charge >= 0.3 is 11.9 Å². The average Bonchev–Trinajstić information content (AvgIpc) is 2.77. The maximum Gasteiger partial charge on any atom is 0.333 e. The first kappa shape index (κ1) is 18.5. The van der Waals surface area contributed by atoms with Crippen LogP contribution >= 0.6 is 0 Å². The number of hydrogen-bond donors (Lipinski definition) is 0. The van der Waals surface area contributed by atoms with Gasteiger partial charge in [0.25, 0.3) is 0 Å². The summed E-state index contributed by atoms with van der Waals surface area (Å²) in [4.78, 5) is 11.6. The largest absolute Gasteiger partial charge is 0.466 e. The first-order valence-electron chi connectivity index (χ1n) is 7.63. The molecule has 1 rings (SSSR count). The average molecular weight is 310 g/mol. The third kappa shape index (κ3) is 4.49. The smallest absolute Gasteiger partial charge is 0.333 e. The zero-order valence-corrected chi connectivity index (χ0v) is 13.9. The van der Waals surface area contributed by atoms with Gasteiger partial charge in [0, 0.05) is 20.5 Å². The molecule has 0 spiro atoms. The van der Waals surface area contributed by atoms with E-state index in [2.05, 4.69) is 17.6 Å². The summed E-state index contributed by atoms with van der Waals surface area (Å²) in [6.45, 7) is 3.80. The molecular formula is C17H26O5. The van der Waals surface area contributed by atoms with Crippen LogP contribution in [-0.4, -0.2) is 31.8 Å². The lowest BCUT2D eigenvalue weighted by Crippen LogP contribution is -2.35. The molecule has 5 heteroatoms. The number of unbranched alkanes of at least 4 members (excludes halogenated alkanes) is 3. The van der Waals surface area contributed by atoms with Gasteiger partial charge in [-0.1, -0.05) is 32.6 Å². The first-order chi connectivity index (χ1) is 10.4. The second-order valence-electron chi connectivity index (χ2n) is 5.49. The van der Waals surface area contributed by atoms with Gasteiger partial charge in [-0.25, -0.2) is 4.79 Å². The van der Waals surface area contributed by atoms with Crippen molar-refractivity contribution in [2.75, 3.05) is 14.2 Å². The Balaban J connectivity index is 3.03. The number of methoxy groups -OCH3 is 2. The Morgan fingerprint density at radius 3 is 2.64 bits per heavy atom. The second kappa shape index (κ2) is 8.21. The molecule has 2 unspecified atom stereocenters. The number of carbonyl (C=O) groups is 1. The molecule has 2 atom stereocenters. The van der Waals surface area contributed by atoms with Crippen LogP contribution in [0.2, 0.25) is 0 Å². The van der Waals surface area contributed by atoms with Gasteiger partial charge in [0.2, 0.25) is 0 Å². The van der Waals surface area contributed by atoms with Gasteiger partial charge in [0.05, 0.1) is 13.2 Å². The lowest BCUT2D eigenvalue weighted by atomic mass is 9.90. The SMILES string of the molecule is C#CCC1(CCCCCC)OC(C)(OC)O/C1=C/C(=O)OC. The summed E-state index contributed by atoms with van der Waals surface area (Å²) in [5.41, 5.74) is -0.846. The van der Waals surface area contributed by atoms with Gasteiger partial charge in [0.1, 0.15) is 11.4 Å². The van der Waals surface area contributed by atoms with Gasteiger partial charge in [-0.3, -0.25) is 0 Å². The van der Waals surface area contributed by atoms with Crippen LogP contribution in [0.15, 0.2) is 11.8 Å². The van der Waals surface area contributed by atoms with Crippen LogP contribution in [0.5, 0.6) is 0 Å². The molecule has 124 valence electrons. The van der Waals surface area contributed by atoms with Gasteiger partial charge in [-0.2, -0.15) is 0 Å². The van der Waals surface area contributed by atoms with Crippen molar-refractivity contribution in [2.45, 2.75) is 63.9 Å². The minimum absolute atomic E-state index is 0.306. The molecule has 1 aliphatic rings. The number of hydrogen-bond acceptors (Lipinski definition) is 5. The van der Waals surface area contributed by atoms with Crippen molar-refractivity contribution < 1.29 is 23.7 Å². The molecule has 22 heavy (non-hydrogen) atoms. The van der Waals surface area contributed by atoms with E-state index in [1.54, 1.807) is 6.92 Å².